The molecule has 6 nitrogen and oxygen atoms in total. The molecule has 0 amide bonds. The second kappa shape index (κ2) is 7.14. The lowest BCUT2D eigenvalue weighted by molar-refractivity contribution is 0.277. The van der Waals surface area contributed by atoms with Crippen LogP contribution in [-0.4, -0.2) is 53.8 Å². The van der Waals surface area contributed by atoms with Crippen LogP contribution in [0.15, 0.2) is 28.1 Å². The van der Waals surface area contributed by atoms with Crippen LogP contribution in [-0.2, 0) is 16.9 Å². The first-order valence-corrected chi connectivity index (χ1v) is 12.2. The van der Waals surface area contributed by atoms with Gasteiger partial charge in [-0.3, -0.25) is 4.99 Å². The van der Waals surface area contributed by atoms with Gasteiger partial charge in [-0.25, -0.2) is 8.42 Å². The second-order valence-electron chi connectivity index (χ2n) is 7.48. The normalized spacial score (nSPS) is 21.1. The first-order chi connectivity index (χ1) is 12.9. The summed E-state index contributed by atoms with van der Waals surface area (Å²) >= 11 is 1.64. The summed E-state index contributed by atoms with van der Waals surface area (Å²) in [5, 5.41) is 14.8. The molecule has 146 valence electrons. The number of sulfone groups is 1. The van der Waals surface area contributed by atoms with E-state index in [2.05, 4.69) is 14.9 Å². The number of hydrogen-bond acceptors (Lipinski definition) is 6. The third-order valence-electron chi connectivity index (χ3n) is 5.39. The van der Waals surface area contributed by atoms with E-state index in [9.17, 15) is 13.5 Å². The summed E-state index contributed by atoms with van der Waals surface area (Å²) in [5.74, 6) is 0.773. The summed E-state index contributed by atoms with van der Waals surface area (Å²) in [6.07, 6.45) is 5.90. The van der Waals surface area contributed by atoms with Crippen molar-refractivity contribution in [3.8, 4) is 0 Å². The third-order valence-corrected chi connectivity index (χ3v) is 7.62. The van der Waals surface area contributed by atoms with E-state index >= 15 is 0 Å². The highest BCUT2D eigenvalue weighted by atomic mass is 32.2. The summed E-state index contributed by atoms with van der Waals surface area (Å²) in [6, 6.07) is 5.84. The Hall–Kier alpha value is -1.51. The first kappa shape index (κ1) is 18.8. The largest absolute Gasteiger partial charge is 0.394 e. The lowest BCUT2D eigenvalue weighted by Crippen LogP contribution is -2.16. The van der Waals surface area contributed by atoms with Gasteiger partial charge in [0, 0.05) is 30.5 Å². The van der Waals surface area contributed by atoms with E-state index in [4.69, 9.17) is 0 Å². The maximum atomic E-state index is 12.2. The zero-order valence-corrected chi connectivity index (χ0v) is 17.2. The van der Waals surface area contributed by atoms with Crippen LogP contribution < -0.4 is 5.32 Å². The standard InChI is InChI=1S/C19H25N3O3S2/c1-22-17(19-21-14(10-23)11-26-19)8-12-7-15(27(2,24)25)9-16(18(12)22)20-13-5-3-4-6-13/h7-9,13-14,20,23H,3-6,10-11H2,1-2H3/t14-/m1/s1. The quantitative estimate of drug-likeness (QED) is 0.796. The van der Waals surface area contributed by atoms with Gasteiger partial charge in [-0.15, -0.1) is 11.8 Å². The molecule has 1 aromatic heterocycles. The van der Waals surface area contributed by atoms with Gasteiger partial charge >= 0.3 is 0 Å². The van der Waals surface area contributed by atoms with Crippen molar-refractivity contribution >= 4 is 43.2 Å². The van der Waals surface area contributed by atoms with Gasteiger partial charge in [-0.2, -0.15) is 0 Å². The molecule has 2 N–H and O–H groups in total. The Bertz CT molecular complexity index is 1000. The van der Waals surface area contributed by atoms with E-state index in [-0.39, 0.29) is 12.6 Å². The van der Waals surface area contributed by atoms with Crippen molar-refractivity contribution in [3.63, 3.8) is 0 Å². The topological polar surface area (TPSA) is 83.7 Å². The monoisotopic (exact) mass is 407 g/mol. The van der Waals surface area contributed by atoms with Crippen LogP contribution >= 0.6 is 11.8 Å². The van der Waals surface area contributed by atoms with Crippen LogP contribution in [0.1, 0.15) is 31.4 Å². The minimum Gasteiger partial charge on any atom is -0.394 e. The van der Waals surface area contributed by atoms with Crippen LogP contribution in [0.25, 0.3) is 10.9 Å². The Morgan fingerprint density at radius 2 is 2.04 bits per heavy atom. The number of aromatic nitrogens is 1. The molecule has 1 atom stereocenters. The molecule has 2 aromatic rings. The third kappa shape index (κ3) is 3.62. The second-order valence-corrected chi connectivity index (χ2v) is 10.5. The van der Waals surface area contributed by atoms with Crippen molar-refractivity contribution in [2.24, 2.45) is 12.0 Å². The number of nitrogens with zero attached hydrogens (tertiary/aromatic N) is 2. The molecule has 4 rings (SSSR count). The van der Waals surface area contributed by atoms with E-state index in [1.54, 1.807) is 23.9 Å². The number of thioether (sulfide) groups is 1. The SMILES string of the molecule is Cn1c(C2=N[C@H](CO)CS2)cc2cc(S(C)(=O)=O)cc(NC3CCCC3)c21. The minimum absolute atomic E-state index is 0.0488. The lowest BCUT2D eigenvalue weighted by atomic mass is 10.2. The van der Waals surface area contributed by atoms with Gasteiger partial charge in [0.05, 0.1) is 34.4 Å². The van der Waals surface area contributed by atoms with Gasteiger partial charge in [-0.1, -0.05) is 12.8 Å². The number of aliphatic hydroxyl groups excluding tert-OH is 1. The molecule has 0 unspecified atom stereocenters. The number of aliphatic hydroxyl groups is 1. The molecular formula is C19H25N3O3S2. The minimum atomic E-state index is -3.30. The van der Waals surface area contributed by atoms with Crippen molar-refractivity contribution in [1.82, 2.24) is 4.57 Å². The van der Waals surface area contributed by atoms with E-state index < -0.39 is 9.84 Å². The number of hydrogen-bond donors (Lipinski definition) is 2. The number of rotatable bonds is 5. The first-order valence-electron chi connectivity index (χ1n) is 9.28. The Kier molecular flexibility index (Phi) is 4.98. The predicted octanol–water partition coefficient (Wildman–Crippen LogP) is 2.79. The van der Waals surface area contributed by atoms with Gasteiger partial charge in [0.15, 0.2) is 9.84 Å². The van der Waals surface area contributed by atoms with Crippen molar-refractivity contribution in [3.05, 3.63) is 23.9 Å². The van der Waals surface area contributed by atoms with Gasteiger partial charge in [0.2, 0.25) is 0 Å². The molecular weight excluding hydrogens is 382 g/mol. The van der Waals surface area contributed by atoms with Gasteiger partial charge in [0.25, 0.3) is 0 Å². The number of benzene rings is 1. The maximum absolute atomic E-state index is 12.2. The van der Waals surface area contributed by atoms with E-state index in [1.807, 2.05) is 13.1 Å². The highest BCUT2D eigenvalue weighted by Crippen LogP contribution is 2.35. The summed E-state index contributed by atoms with van der Waals surface area (Å²) in [4.78, 5) is 4.94. The summed E-state index contributed by atoms with van der Waals surface area (Å²) in [7, 11) is -1.31. The van der Waals surface area contributed by atoms with Crippen LogP contribution in [0.3, 0.4) is 0 Å². The molecule has 0 spiro atoms. The fourth-order valence-electron chi connectivity index (χ4n) is 3.95. The van der Waals surface area contributed by atoms with E-state index in [0.29, 0.717) is 10.9 Å². The zero-order chi connectivity index (χ0) is 19.2. The van der Waals surface area contributed by atoms with Crippen LogP contribution in [0.5, 0.6) is 0 Å². The number of aryl methyl sites for hydroxylation is 1. The van der Waals surface area contributed by atoms with Crippen LogP contribution in [0.2, 0.25) is 0 Å². The number of anilines is 1. The molecule has 1 aliphatic heterocycles. The zero-order valence-electron chi connectivity index (χ0n) is 15.6. The molecule has 27 heavy (non-hydrogen) atoms. The van der Waals surface area contributed by atoms with Gasteiger partial charge in [0.1, 0.15) is 5.04 Å². The average molecular weight is 408 g/mol. The molecule has 2 aliphatic rings. The fourth-order valence-corrected chi connectivity index (χ4v) is 5.72. The average Bonchev–Trinajstić information content (AvgIpc) is 3.34. The molecule has 1 saturated carbocycles. The van der Waals surface area contributed by atoms with Crippen molar-refractivity contribution < 1.29 is 13.5 Å². The van der Waals surface area contributed by atoms with Gasteiger partial charge in [-0.05, 0) is 31.0 Å². The molecule has 1 fully saturated rings. The molecule has 1 aliphatic carbocycles. The summed E-state index contributed by atoms with van der Waals surface area (Å²) in [5.41, 5.74) is 2.84. The molecule has 0 radical (unpaired) electrons. The highest BCUT2D eigenvalue weighted by Gasteiger charge is 2.24. The smallest absolute Gasteiger partial charge is 0.175 e. The molecule has 0 saturated heterocycles. The summed E-state index contributed by atoms with van der Waals surface area (Å²) in [6.45, 7) is 0.0488. The fraction of sp³-hybridized carbons (Fsp3) is 0.526. The summed E-state index contributed by atoms with van der Waals surface area (Å²) < 4.78 is 26.5. The lowest BCUT2D eigenvalue weighted by Gasteiger charge is -2.17. The number of nitrogens with one attached hydrogen (secondary N) is 1. The Balaban J connectivity index is 1.85. The maximum Gasteiger partial charge on any atom is 0.175 e. The Morgan fingerprint density at radius 3 is 2.67 bits per heavy atom. The Labute approximate surface area is 164 Å². The van der Waals surface area contributed by atoms with E-state index in [1.165, 1.54) is 19.1 Å². The molecule has 8 heteroatoms. The predicted molar refractivity (Wildman–Crippen MR) is 112 cm³/mol. The van der Waals surface area contributed by atoms with E-state index in [0.717, 1.165) is 45.9 Å². The van der Waals surface area contributed by atoms with Gasteiger partial charge < -0.3 is 15.0 Å². The number of fused-ring (bicyclic) bond motifs is 1. The van der Waals surface area contributed by atoms with Crippen molar-refractivity contribution in [1.29, 1.82) is 0 Å². The highest BCUT2D eigenvalue weighted by molar-refractivity contribution is 8.14. The van der Waals surface area contributed by atoms with Crippen molar-refractivity contribution in [2.75, 3.05) is 23.9 Å². The van der Waals surface area contributed by atoms with Crippen LogP contribution in [0, 0.1) is 0 Å². The molecule has 0 bridgehead atoms. The van der Waals surface area contributed by atoms with Crippen LogP contribution in [0.4, 0.5) is 5.69 Å². The molecule has 1 aromatic carbocycles. The van der Waals surface area contributed by atoms with Crippen molar-refractivity contribution in [2.45, 2.75) is 42.7 Å². The number of aliphatic imine (C=N–C) groups is 1. The Morgan fingerprint density at radius 1 is 1.30 bits per heavy atom. The molecule has 2 heterocycles.